The zero-order chi connectivity index (χ0) is 30.1. The Morgan fingerprint density at radius 2 is 1.07 bits per heavy atom. The van der Waals surface area contributed by atoms with E-state index < -0.39 is 12.1 Å². The summed E-state index contributed by atoms with van der Waals surface area (Å²) in [4.78, 5) is 12.2. The maximum atomic E-state index is 12.2. The highest BCUT2D eigenvalue weighted by Gasteiger charge is 2.19. The number of carbonyl (C=O) groups excluding carboxylic acids is 1. The van der Waals surface area contributed by atoms with E-state index in [4.69, 9.17) is 0 Å². The van der Waals surface area contributed by atoms with Gasteiger partial charge in [0.1, 0.15) is 0 Å². The first-order valence-corrected chi connectivity index (χ1v) is 17.0. The zero-order valence-electron chi connectivity index (χ0n) is 26.8. The average Bonchev–Trinajstić information content (AvgIpc) is 2.98. The fourth-order valence-electron chi connectivity index (χ4n) is 4.68. The van der Waals surface area contributed by atoms with Gasteiger partial charge in [0.15, 0.2) is 0 Å². The number of hydrogen-bond donors (Lipinski definition) is 3. The highest BCUT2D eigenvalue weighted by Crippen LogP contribution is 2.12. The van der Waals surface area contributed by atoms with Crippen molar-refractivity contribution in [3.63, 3.8) is 0 Å². The van der Waals surface area contributed by atoms with Crippen molar-refractivity contribution < 1.29 is 15.0 Å². The molecule has 0 bridgehead atoms. The summed E-state index contributed by atoms with van der Waals surface area (Å²) in [5.74, 6) is -0.0517. The molecule has 2 atom stereocenters. The molecule has 0 aliphatic heterocycles. The zero-order valence-corrected chi connectivity index (χ0v) is 26.8. The van der Waals surface area contributed by atoms with Crippen LogP contribution in [0.5, 0.6) is 0 Å². The molecule has 0 saturated carbocycles. The lowest BCUT2D eigenvalue weighted by Gasteiger charge is -2.22. The number of hydrogen-bond acceptors (Lipinski definition) is 3. The first kappa shape index (κ1) is 39.1. The van der Waals surface area contributed by atoms with Gasteiger partial charge in [-0.05, 0) is 57.8 Å². The van der Waals surface area contributed by atoms with Gasteiger partial charge in [0, 0.05) is 6.42 Å². The van der Waals surface area contributed by atoms with Gasteiger partial charge in [-0.2, -0.15) is 0 Å². The van der Waals surface area contributed by atoms with Gasteiger partial charge >= 0.3 is 0 Å². The summed E-state index contributed by atoms with van der Waals surface area (Å²) in [6.45, 7) is 4.11. The van der Waals surface area contributed by atoms with Crippen LogP contribution < -0.4 is 5.32 Å². The lowest BCUT2D eigenvalue weighted by Crippen LogP contribution is -2.45. The van der Waals surface area contributed by atoms with Gasteiger partial charge in [0.25, 0.3) is 0 Å². The minimum atomic E-state index is -0.659. The third kappa shape index (κ3) is 29.4. The van der Waals surface area contributed by atoms with Gasteiger partial charge in [-0.25, -0.2) is 0 Å². The first-order chi connectivity index (χ1) is 20.2. The predicted octanol–water partition coefficient (Wildman–Crippen LogP) is 9.84. The van der Waals surface area contributed by atoms with Crippen molar-refractivity contribution in [1.29, 1.82) is 0 Å². The van der Waals surface area contributed by atoms with Crippen LogP contribution in [0.15, 0.2) is 60.8 Å². The summed E-state index contributed by atoms with van der Waals surface area (Å²) in [7, 11) is 0. The van der Waals surface area contributed by atoms with Crippen LogP contribution in [0.4, 0.5) is 0 Å². The fraction of sp³-hybridized carbons (Fsp3) is 0.703. The molecule has 0 radical (unpaired) electrons. The smallest absolute Gasteiger partial charge is 0.220 e. The highest BCUT2D eigenvalue weighted by molar-refractivity contribution is 5.76. The van der Waals surface area contributed by atoms with E-state index in [-0.39, 0.29) is 12.5 Å². The monoisotopic (exact) mass is 571 g/mol. The Labute approximate surface area is 254 Å². The molecule has 41 heavy (non-hydrogen) atoms. The maximum absolute atomic E-state index is 12.2. The molecule has 0 aromatic heterocycles. The Bertz CT molecular complexity index is 707. The number of aliphatic hydroxyl groups excluding tert-OH is 2. The number of rotatable bonds is 29. The minimum Gasteiger partial charge on any atom is -0.394 e. The molecule has 0 heterocycles. The molecule has 2 unspecified atom stereocenters. The van der Waals surface area contributed by atoms with E-state index in [0.29, 0.717) is 12.8 Å². The predicted molar refractivity (Wildman–Crippen MR) is 179 cm³/mol. The van der Waals surface area contributed by atoms with E-state index in [1.54, 1.807) is 0 Å². The van der Waals surface area contributed by atoms with E-state index >= 15 is 0 Å². The Balaban J connectivity index is 3.53. The second-order valence-electron chi connectivity index (χ2n) is 11.2. The summed E-state index contributed by atoms with van der Waals surface area (Å²) < 4.78 is 0. The molecule has 0 aliphatic carbocycles. The van der Waals surface area contributed by atoms with E-state index in [0.717, 1.165) is 70.6 Å². The summed E-state index contributed by atoms with van der Waals surface area (Å²) in [5.41, 5.74) is 0. The van der Waals surface area contributed by atoms with Crippen LogP contribution in [0.2, 0.25) is 0 Å². The van der Waals surface area contributed by atoms with E-state index in [1.165, 1.54) is 51.4 Å². The first-order valence-electron chi connectivity index (χ1n) is 17.0. The normalized spacial score (nSPS) is 14.0. The molecule has 1 amide bonds. The summed E-state index contributed by atoms with van der Waals surface area (Å²) in [6, 6.07) is -0.537. The van der Waals surface area contributed by atoms with E-state index in [1.807, 2.05) is 0 Å². The molecule has 0 fully saturated rings. The van der Waals surface area contributed by atoms with Crippen molar-refractivity contribution in [2.75, 3.05) is 6.61 Å². The van der Waals surface area contributed by atoms with Crippen molar-refractivity contribution in [2.45, 2.75) is 161 Å². The van der Waals surface area contributed by atoms with Crippen molar-refractivity contribution in [2.24, 2.45) is 0 Å². The number of carbonyl (C=O) groups is 1. The fourth-order valence-corrected chi connectivity index (χ4v) is 4.68. The van der Waals surface area contributed by atoms with Crippen LogP contribution in [0.25, 0.3) is 0 Å². The van der Waals surface area contributed by atoms with Crippen LogP contribution in [0, 0.1) is 0 Å². The van der Waals surface area contributed by atoms with Crippen LogP contribution in [0.1, 0.15) is 149 Å². The number of allylic oxidation sites excluding steroid dienone is 10. The maximum Gasteiger partial charge on any atom is 0.220 e. The van der Waals surface area contributed by atoms with Gasteiger partial charge in [0.05, 0.1) is 18.8 Å². The van der Waals surface area contributed by atoms with Crippen LogP contribution in [0.3, 0.4) is 0 Å². The molecular formula is C37H65NO3. The number of amides is 1. The molecule has 0 aromatic rings. The molecule has 0 aromatic carbocycles. The van der Waals surface area contributed by atoms with Crippen molar-refractivity contribution >= 4 is 5.91 Å². The molecule has 4 heteroatoms. The molecule has 236 valence electrons. The Morgan fingerprint density at radius 1 is 0.610 bits per heavy atom. The largest absolute Gasteiger partial charge is 0.394 e. The molecule has 0 rings (SSSR count). The second-order valence-corrected chi connectivity index (χ2v) is 11.2. The SMILES string of the molecule is CC/C=C\C/C=C\C/C=C\C/C=C\C/C=C\CCCCCCCCCCCC(=O)NC(CO)C(O)CCCCCC. The van der Waals surface area contributed by atoms with Gasteiger partial charge in [0.2, 0.25) is 5.91 Å². The molecule has 0 saturated heterocycles. The van der Waals surface area contributed by atoms with E-state index in [9.17, 15) is 15.0 Å². The molecule has 3 N–H and O–H groups in total. The van der Waals surface area contributed by atoms with Crippen molar-refractivity contribution in [3.05, 3.63) is 60.8 Å². The number of nitrogens with one attached hydrogen (secondary N) is 1. The second kappa shape index (κ2) is 32.6. The van der Waals surface area contributed by atoms with Crippen LogP contribution in [-0.4, -0.2) is 34.9 Å². The van der Waals surface area contributed by atoms with E-state index in [2.05, 4.69) is 79.9 Å². The third-order valence-electron chi connectivity index (χ3n) is 7.29. The summed E-state index contributed by atoms with van der Waals surface area (Å²) >= 11 is 0. The quantitative estimate of drug-likeness (QED) is 0.0618. The molecule has 0 aliphatic rings. The summed E-state index contributed by atoms with van der Waals surface area (Å²) in [5, 5.41) is 22.6. The van der Waals surface area contributed by atoms with Crippen LogP contribution >= 0.6 is 0 Å². The van der Waals surface area contributed by atoms with Gasteiger partial charge in [-0.15, -0.1) is 0 Å². The lowest BCUT2D eigenvalue weighted by atomic mass is 10.0. The van der Waals surface area contributed by atoms with Gasteiger partial charge in [-0.3, -0.25) is 4.79 Å². The number of aliphatic hydroxyl groups is 2. The average molecular weight is 572 g/mol. The molecular weight excluding hydrogens is 506 g/mol. The Morgan fingerprint density at radius 3 is 1.59 bits per heavy atom. The standard InChI is InChI=1S/C37H65NO3/c1-3-5-7-9-10-11-12-13-14-15-16-17-18-19-20-21-22-23-24-25-26-27-28-29-31-33-37(41)38-35(34-39)36(40)32-30-8-6-4-2/h5,7,10-11,13-14,16-17,19-20,35-36,39-40H,3-4,6,8-9,12,15,18,21-34H2,1-2H3,(H,38,41)/b7-5-,11-10-,14-13-,17-16-,20-19-. The van der Waals surface area contributed by atoms with Crippen molar-refractivity contribution in [1.82, 2.24) is 5.32 Å². The topological polar surface area (TPSA) is 69.6 Å². The lowest BCUT2D eigenvalue weighted by molar-refractivity contribution is -0.123. The molecule has 4 nitrogen and oxygen atoms in total. The Hall–Kier alpha value is -1.91. The van der Waals surface area contributed by atoms with Gasteiger partial charge < -0.3 is 15.5 Å². The third-order valence-corrected chi connectivity index (χ3v) is 7.29. The van der Waals surface area contributed by atoms with Crippen LogP contribution in [-0.2, 0) is 4.79 Å². The summed E-state index contributed by atoms with van der Waals surface area (Å²) in [6.07, 6.45) is 44.5. The minimum absolute atomic E-state index is 0.0517. The molecule has 0 spiro atoms. The highest BCUT2D eigenvalue weighted by atomic mass is 16.3. The Kier molecular flexibility index (Phi) is 31.1. The van der Waals surface area contributed by atoms with Gasteiger partial charge in [-0.1, -0.05) is 145 Å². The van der Waals surface area contributed by atoms with Crippen molar-refractivity contribution in [3.8, 4) is 0 Å². The number of unbranched alkanes of at least 4 members (excludes halogenated alkanes) is 12.